The van der Waals surface area contributed by atoms with Gasteiger partial charge in [0.15, 0.2) is 5.13 Å². The van der Waals surface area contributed by atoms with Crippen molar-refractivity contribution >= 4 is 34.0 Å². The van der Waals surface area contributed by atoms with Crippen molar-refractivity contribution in [3.05, 3.63) is 59.0 Å². The summed E-state index contributed by atoms with van der Waals surface area (Å²) in [6.07, 6.45) is 2.49. The average Bonchev–Trinajstić information content (AvgIpc) is 3.29. The quantitative estimate of drug-likeness (QED) is 0.590. The molecule has 0 radical (unpaired) electrons. The van der Waals surface area contributed by atoms with Crippen LogP contribution < -0.4 is 15.4 Å². The van der Waals surface area contributed by atoms with E-state index in [9.17, 15) is 9.59 Å². The number of nitrogens with one attached hydrogen (secondary N) is 2. The predicted molar refractivity (Wildman–Crippen MR) is 108 cm³/mol. The lowest BCUT2D eigenvalue weighted by Crippen LogP contribution is -2.15. The van der Waals surface area contributed by atoms with E-state index in [0.717, 1.165) is 6.42 Å². The van der Waals surface area contributed by atoms with Gasteiger partial charge >= 0.3 is 0 Å². The molecule has 3 rings (SSSR count). The van der Waals surface area contributed by atoms with Crippen LogP contribution in [0.25, 0.3) is 0 Å². The maximum absolute atomic E-state index is 12.3. The smallest absolute Gasteiger partial charge is 0.260 e. The molecule has 2 amide bonds. The van der Waals surface area contributed by atoms with E-state index < -0.39 is 0 Å². The largest absolute Gasteiger partial charge is 0.494 e. The van der Waals surface area contributed by atoms with Gasteiger partial charge in [0.2, 0.25) is 5.91 Å². The molecule has 2 heterocycles. The molecule has 28 heavy (non-hydrogen) atoms. The minimum atomic E-state index is -0.291. The summed E-state index contributed by atoms with van der Waals surface area (Å²) >= 11 is 1.27. The Morgan fingerprint density at radius 3 is 2.86 bits per heavy atom. The summed E-state index contributed by atoms with van der Waals surface area (Å²) < 4.78 is 10.7. The zero-order valence-corrected chi connectivity index (χ0v) is 16.5. The maximum atomic E-state index is 12.3. The molecule has 0 unspecified atom stereocenters. The Morgan fingerprint density at radius 2 is 2.11 bits per heavy atom. The molecule has 0 fully saturated rings. The molecule has 0 spiro atoms. The molecule has 146 valence electrons. The molecule has 1 aromatic carbocycles. The number of carbonyl (C=O) groups excluding carboxylic acids is 2. The summed E-state index contributed by atoms with van der Waals surface area (Å²) in [5.41, 5.74) is 1.71. The highest BCUT2D eigenvalue weighted by Crippen LogP contribution is 2.20. The Kier molecular flexibility index (Phi) is 6.44. The molecule has 2 N–H and O–H groups in total. The molecular formula is C20H21N3O4S. The van der Waals surface area contributed by atoms with Crippen molar-refractivity contribution in [2.75, 3.05) is 17.2 Å². The van der Waals surface area contributed by atoms with Crippen molar-refractivity contribution in [2.45, 2.75) is 26.7 Å². The van der Waals surface area contributed by atoms with Gasteiger partial charge in [-0.3, -0.25) is 14.9 Å². The van der Waals surface area contributed by atoms with Gasteiger partial charge in [-0.1, -0.05) is 13.0 Å². The molecule has 0 aliphatic carbocycles. The first-order valence-electron chi connectivity index (χ1n) is 8.87. The number of ether oxygens (including phenoxy) is 1. The SMILES string of the molecule is CCCOc1cccc(NC(=O)Cc2csc(NC(=O)c3ccoc3C)n2)c1. The fourth-order valence-corrected chi connectivity index (χ4v) is 3.19. The third kappa shape index (κ3) is 5.20. The molecular weight excluding hydrogens is 378 g/mol. The van der Waals surface area contributed by atoms with Gasteiger partial charge in [-0.2, -0.15) is 0 Å². The molecule has 0 saturated heterocycles. The number of hydrogen-bond acceptors (Lipinski definition) is 6. The highest BCUT2D eigenvalue weighted by atomic mass is 32.1. The van der Waals surface area contributed by atoms with E-state index in [2.05, 4.69) is 15.6 Å². The van der Waals surface area contributed by atoms with Crippen LogP contribution in [0.3, 0.4) is 0 Å². The van der Waals surface area contributed by atoms with E-state index in [-0.39, 0.29) is 18.2 Å². The van der Waals surface area contributed by atoms with E-state index in [1.54, 1.807) is 30.5 Å². The van der Waals surface area contributed by atoms with Crippen LogP contribution in [0.2, 0.25) is 0 Å². The van der Waals surface area contributed by atoms with Crippen LogP contribution in [-0.2, 0) is 11.2 Å². The highest BCUT2D eigenvalue weighted by molar-refractivity contribution is 7.14. The monoisotopic (exact) mass is 399 g/mol. The van der Waals surface area contributed by atoms with Gasteiger partial charge in [0, 0.05) is 17.1 Å². The van der Waals surface area contributed by atoms with Gasteiger partial charge in [-0.25, -0.2) is 4.98 Å². The summed E-state index contributed by atoms with van der Waals surface area (Å²) in [7, 11) is 0. The first-order chi connectivity index (χ1) is 13.5. The van der Waals surface area contributed by atoms with Gasteiger partial charge in [0.05, 0.1) is 30.5 Å². The third-order valence-corrected chi connectivity index (χ3v) is 4.61. The molecule has 7 nitrogen and oxygen atoms in total. The van der Waals surface area contributed by atoms with Crippen molar-refractivity contribution in [1.29, 1.82) is 0 Å². The number of benzene rings is 1. The number of aromatic nitrogens is 1. The number of thiazole rings is 1. The lowest BCUT2D eigenvalue weighted by Gasteiger charge is -2.08. The van der Waals surface area contributed by atoms with E-state index in [4.69, 9.17) is 9.15 Å². The molecule has 3 aromatic rings. The number of rotatable bonds is 8. The summed E-state index contributed by atoms with van der Waals surface area (Å²) in [4.78, 5) is 28.8. The van der Waals surface area contributed by atoms with Gasteiger partial charge < -0.3 is 14.5 Å². The fraction of sp³-hybridized carbons (Fsp3) is 0.250. The minimum absolute atomic E-state index is 0.108. The van der Waals surface area contributed by atoms with Crippen molar-refractivity contribution in [3.8, 4) is 5.75 Å². The van der Waals surface area contributed by atoms with Crippen LogP contribution in [-0.4, -0.2) is 23.4 Å². The van der Waals surface area contributed by atoms with E-state index in [1.165, 1.54) is 17.6 Å². The first-order valence-corrected chi connectivity index (χ1v) is 9.75. The number of nitrogens with zero attached hydrogens (tertiary/aromatic N) is 1. The lowest BCUT2D eigenvalue weighted by atomic mass is 10.2. The standard InChI is InChI=1S/C20H21N3O4S/c1-3-8-27-16-6-4-5-14(10-16)21-18(24)11-15-12-28-20(22-15)23-19(25)17-7-9-26-13(17)2/h4-7,9-10,12H,3,8,11H2,1-2H3,(H,21,24)(H,22,23,25). The molecule has 0 aliphatic heterocycles. The summed E-state index contributed by atoms with van der Waals surface area (Å²) in [6.45, 7) is 4.38. The maximum Gasteiger partial charge on any atom is 0.260 e. The first kappa shape index (κ1) is 19.6. The molecule has 0 saturated carbocycles. The fourth-order valence-electron chi connectivity index (χ4n) is 2.48. The zero-order valence-electron chi connectivity index (χ0n) is 15.7. The van der Waals surface area contributed by atoms with Gasteiger partial charge in [-0.05, 0) is 31.5 Å². The number of carbonyl (C=O) groups is 2. The van der Waals surface area contributed by atoms with Gasteiger partial charge in [0.25, 0.3) is 5.91 Å². The van der Waals surface area contributed by atoms with Gasteiger partial charge in [-0.15, -0.1) is 11.3 Å². The molecule has 0 bridgehead atoms. The number of hydrogen-bond donors (Lipinski definition) is 2. The molecule has 0 aliphatic rings. The Balaban J connectivity index is 1.55. The van der Waals surface area contributed by atoms with Gasteiger partial charge in [0.1, 0.15) is 11.5 Å². The van der Waals surface area contributed by atoms with Crippen molar-refractivity contribution < 1.29 is 18.7 Å². The molecule has 2 aromatic heterocycles. The Morgan fingerprint density at radius 1 is 1.25 bits per heavy atom. The Labute approximate surface area is 166 Å². The van der Waals surface area contributed by atoms with Crippen molar-refractivity contribution in [2.24, 2.45) is 0 Å². The van der Waals surface area contributed by atoms with E-state index >= 15 is 0 Å². The second-order valence-electron chi connectivity index (χ2n) is 6.09. The summed E-state index contributed by atoms with van der Waals surface area (Å²) in [5.74, 6) is 0.772. The zero-order chi connectivity index (χ0) is 19.9. The number of anilines is 2. The number of aryl methyl sites for hydroxylation is 1. The average molecular weight is 399 g/mol. The lowest BCUT2D eigenvalue weighted by molar-refractivity contribution is -0.115. The Hall–Kier alpha value is -3.13. The molecule has 0 atom stereocenters. The number of amides is 2. The highest BCUT2D eigenvalue weighted by Gasteiger charge is 2.14. The summed E-state index contributed by atoms with van der Waals surface area (Å²) in [5, 5.41) is 7.73. The van der Waals surface area contributed by atoms with Crippen LogP contribution in [0.15, 0.2) is 46.4 Å². The minimum Gasteiger partial charge on any atom is -0.494 e. The second-order valence-corrected chi connectivity index (χ2v) is 6.95. The topological polar surface area (TPSA) is 93.5 Å². The van der Waals surface area contributed by atoms with Crippen LogP contribution in [0, 0.1) is 6.92 Å². The Bertz CT molecular complexity index is 964. The van der Waals surface area contributed by atoms with Crippen LogP contribution in [0.5, 0.6) is 5.75 Å². The third-order valence-electron chi connectivity index (χ3n) is 3.81. The van der Waals surface area contributed by atoms with Crippen LogP contribution >= 0.6 is 11.3 Å². The van der Waals surface area contributed by atoms with Crippen LogP contribution in [0.1, 0.15) is 35.2 Å². The predicted octanol–water partition coefficient (Wildman–Crippen LogP) is 4.27. The normalized spacial score (nSPS) is 10.5. The van der Waals surface area contributed by atoms with E-state index in [0.29, 0.717) is 40.2 Å². The molecule has 8 heteroatoms. The van der Waals surface area contributed by atoms with E-state index in [1.807, 2.05) is 19.1 Å². The summed E-state index contributed by atoms with van der Waals surface area (Å²) in [6, 6.07) is 8.87. The number of furan rings is 1. The second kappa shape index (κ2) is 9.18. The van der Waals surface area contributed by atoms with Crippen molar-refractivity contribution in [3.63, 3.8) is 0 Å². The van der Waals surface area contributed by atoms with Crippen molar-refractivity contribution in [1.82, 2.24) is 4.98 Å². The van der Waals surface area contributed by atoms with Crippen LogP contribution in [0.4, 0.5) is 10.8 Å².